The number of carboxylic acid groups (broad SMARTS) is 1. The smallest absolute Gasteiger partial charge is 0.315 e. The van der Waals surface area contributed by atoms with Crippen LogP contribution in [0.1, 0.15) is 38.2 Å². The van der Waals surface area contributed by atoms with E-state index in [2.05, 4.69) is 16.0 Å². The van der Waals surface area contributed by atoms with Crippen LogP contribution in [0.2, 0.25) is 0 Å². The van der Waals surface area contributed by atoms with Crippen LogP contribution in [0.25, 0.3) is 0 Å². The van der Waals surface area contributed by atoms with Crippen molar-refractivity contribution in [2.24, 2.45) is 5.92 Å². The van der Waals surface area contributed by atoms with Gasteiger partial charge in [-0.3, -0.25) is 4.79 Å². The summed E-state index contributed by atoms with van der Waals surface area (Å²) in [5, 5.41) is 19.0. The van der Waals surface area contributed by atoms with E-state index in [0.29, 0.717) is 6.42 Å². The van der Waals surface area contributed by atoms with E-state index < -0.39 is 11.9 Å². The lowest BCUT2D eigenvalue weighted by atomic mass is 9.84. The summed E-state index contributed by atoms with van der Waals surface area (Å²) < 4.78 is 0. The average Bonchev–Trinajstić information content (AvgIpc) is 2.91. The summed E-state index contributed by atoms with van der Waals surface area (Å²) in [5.41, 5.74) is 1.20. The Morgan fingerprint density at radius 3 is 2.86 bits per heavy atom. The minimum atomic E-state index is -0.814. The number of hydrogen-bond acceptors (Lipinski definition) is 3. The number of hydrogen-bond donors (Lipinski definition) is 3. The Morgan fingerprint density at radius 1 is 1.43 bits per heavy atom. The largest absolute Gasteiger partial charge is 0.481 e. The van der Waals surface area contributed by atoms with E-state index in [-0.39, 0.29) is 18.1 Å². The Kier molecular flexibility index (Phi) is 5.61. The molecule has 2 amide bonds. The first kappa shape index (κ1) is 15.8. The van der Waals surface area contributed by atoms with Crippen molar-refractivity contribution in [3.8, 4) is 0 Å². The molecular formula is C15H22N2O3S. The lowest BCUT2D eigenvalue weighted by Crippen LogP contribution is -2.50. The van der Waals surface area contributed by atoms with E-state index in [4.69, 9.17) is 0 Å². The summed E-state index contributed by atoms with van der Waals surface area (Å²) in [6, 6.07) is 1.54. The fourth-order valence-electron chi connectivity index (χ4n) is 2.85. The van der Waals surface area contributed by atoms with Crippen molar-refractivity contribution in [2.45, 2.75) is 51.1 Å². The van der Waals surface area contributed by atoms with Crippen LogP contribution >= 0.6 is 11.3 Å². The molecule has 1 saturated carbocycles. The van der Waals surface area contributed by atoms with E-state index >= 15 is 0 Å². The highest BCUT2D eigenvalue weighted by Gasteiger charge is 2.31. The second-order valence-corrected chi connectivity index (χ2v) is 6.47. The van der Waals surface area contributed by atoms with Crippen LogP contribution in [0.3, 0.4) is 0 Å². The SMILES string of the molecule is CC(Cc1ccsc1)NC(=O)NC1CCCCC1C(=O)O. The Hall–Kier alpha value is -1.56. The molecule has 1 fully saturated rings. The van der Waals surface area contributed by atoms with Gasteiger partial charge in [-0.05, 0) is 48.6 Å². The molecule has 0 saturated heterocycles. The van der Waals surface area contributed by atoms with Crippen LogP contribution in [-0.2, 0) is 11.2 Å². The van der Waals surface area contributed by atoms with Gasteiger partial charge in [0.05, 0.1) is 5.92 Å². The zero-order chi connectivity index (χ0) is 15.2. The highest BCUT2D eigenvalue weighted by molar-refractivity contribution is 7.07. The quantitative estimate of drug-likeness (QED) is 0.782. The van der Waals surface area contributed by atoms with Gasteiger partial charge in [0.15, 0.2) is 0 Å². The second-order valence-electron chi connectivity index (χ2n) is 5.69. The van der Waals surface area contributed by atoms with Crippen molar-refractivity contribution in [3.05, 3.63) is 22.4 Å². The summed E-state index contributed by atoms with van der Waals surface area (Å²) in [6.45, 7) is 1.95. The van der Waals surface area contributed by atoms with Crippen LogP contribution in [0.4, 0.5) is 4.79 Å². The highest BCUT2D eigenvalue weighted by atomic mass is 32.1. The third kappa shape index (κ3) is 4.74. The van der Waals surface area contributed by atoms with E-state index in [1.807, 2.05) is 18.4 Å². The molecule has 5 nitrogen and oxygen atoms in total. The van der Waals surface area contributed by atoms with Crippen molar-refractivity contribution in [3.63, 3.8) is 0 Å². The Morgan fingerprint density at radius 2 is 2.19 bits per heavy atom. The summed E-state index contributed by atoms with van der Waals surface area (Å²) >= 11 is 1.64. The molecule has 0 aromatic carbocycles. The molecule has 0 radical (unpaired) electrons. The fourth-order valence-corrected chi connectivity index (χ4v) is 3.53. The normalized spacial score (nSPS) is 23.3. The molecule has 1 aliphatic carbocycles. The number of amides is 2. The minimum absolute atomic E-state index is 0.0199. The second kappa shape index (κ2) is 7.45. The zero-order valence-electron chi connectivity index (χ0n) is 12.2. The minimum Gasteiger partial charge on any atom is -0.481 e. The third-order valence-electron chi connectivity index (χ3n) is 3.90. The molecule has 1 aromatic heterocycles. The van der Waals surface area contributed by atoms with Gasteiger partial charge in [0.1, 0.15) is 0 Å². The molecule has 21 heavy (non-hydrogen) atoms. The molecule has 1 aliphatic rings. The molecule has 0 aliphatic heterocycles. The number of carbonyl (C=O) groups excluding carboxylic acids is 1. The van der Waals surface area contributed by atoms with Gasteiger partial charge in [0.25, 0.3) is 0 Å². The number of aliphatic carboxylic acids is 1. The number of carbonyl (C=O) groups is 2. The first-order valence-corrected chi connectivity index (χ1v) is 8.31. The number of rotatable bonds is 5. The van der Waals surface area contributed by atoms with Gasteiger partial charge in [-0.1, -0.05) is 12.8 Å². The van der Waals surface area contributed by atoms with E-state index in [0.717, 1.165) is 25.7 Å². The van der Waals surface area contributed by atoms with Gasteiger partial charge in [-0.15, -0.1) is 0 Å². The Bertz CT molecular complexity index is 475. The maximum Gasteiger partial charge on any atom is 0.315 e. The predicted molar refractivity (Wildman–Crippen MR) is 82.5 cm³/mol. The van der Waals surface area contributed by atoms with Gasteiger partial charge in [-0.25, -0.2) is 4.79 Å². The van der Waals surface area contributed by atoms with E-state index in [1.165, 1.54) is 5.56 Å². The predicted octanol–water partition coefficient (Wildman–Crippen LogP) is 2.62. The molecule has 6 heteroatoms. The average molecular weight is 310 g/mol. The zero-order valence-corrected chi connectivity index (χ0v) is 13.0. The van der Waals surface area contributed by atoms with Gasteiger partial charge in [0.2, 0.25) is 0 Å². The topological polar surface area (TPSA) is 78.4 Å². The van der Waals surface area contributed by atoms with Gasteiger partial charge >= 0.3 is 12.0 Å². The molecule has 2 rings (SSSR count). The molecule has 116 valence electrons. The van der Waals surface area contributed by atoms with E-state index in [1.54, 1.807) is 11.3 Å². The maximum atomic E-state index is 12.0. The third-order valence-corrected chi connectivity index (χ3v) is 4.63. The van der Waals surface area contributed by atoms with Gasteiger partial charge in [-0.2, -0.15) is 11.3 Å². The van der Waals surface area contributed by atoms with Crippen LogP contribution in [0, 0.1) is 5.92 Å². The summed E-state index contributed by atoms with van der Waals surface area (Å²) in [4.78, 5) is 23.2. The van der Waals surface area contributed by atoms with Crippen molar-refractivity contribution in [1.82, 2.24) is 10.6 Å². The first-order chi connectivity index (χ1) is 10.1. The van der Waals surface area contributed by atoms with Crippen LogP contribution in [-0.4, -0.2) is 29.2 Å². The molecule has 3 atom stereocenters. The molecule has 1 aromatic rings. The van der Waals surface area contributed by atoms with Crippen LogP contribution in [0.5, 0.6) is 0 Å². The van der Waals surface area contributed by atoms with Crippen molar-refractivity contribution < 1.29 is 14.7 Å². The molecule has 3 N–H and O–H groups in total. The monoisotopic (exact) mass is 310 g/mol. The molecule has 1 heterocycles. The maximum absolute atomic E-state index is 12.0. The van der Waals surface area contributed by atoms with E-state index in [9.17, 15) is 14.7 Å². The van der Waals surface area contributed by atoms with Crippen molar-refractivity contribution in [1.29, 1.82) is 0 Å². The molecule has 0 spiro atoms. The number of carboxylic acids is 1. The summed E-state index contributed by atoms with van der Waals surface area (Å²) in [5.74, 6) is -1.27. The molecule has 3 unspecified atom stereocenters. The first-order valence-electron chi connectivity index (χ1n) is 7.37. The van der Waals surface area contributed by atoms with Crippen molar-refractivity contribution in [2.75, 3.05) is 0 Å². The summed E-state index contributed by atoms with van der Waals surface area (Å²) in [6.07, 6.45) is 4.06. The van der Waals surface area contributed by atoms with Crippen molar-refractivity contribution >= 4 is 23.3 Å². The standard InChI is InChI=1S/C15H22N2O3S/c1-10(8-11-6-7-21-9-11)16-15(20)17-13-5-3-2-4-12(13)14(18)19/h6-7,9-10,12-13H,2-5,8H2,1H3,(H,18,19)(H2,16,17,20). The lowest BCUT2D eigenvalue weighted by Gasteiger charge is -2.29. The summed E-state index contributed by atoms with van der Waals surface area (Å²) in [7, 11) is 0. The van der Waals surface area contributed by atoms with Gasteiger partial charge in [0, 0.05) is 12.1 Å². The van der Waals surface area contributed by atoms with Gasteiger partial charge < -0.3 is 15.7 Å². The highest BCUT2D eigenvalue weighted by Crippen LogP contribution is 2.24. The number of nitrogens with one attached hydrogen (secondary N) is 2. The van der Waals surface area contributed by atoms with Crippen LogP contribution < -0.4 is 10.6 Å². The Balaban J connectivity index is 1.81. The fraction of sp³-hybridized carbons (Fsp3) is 0.600. The van der Waals surface area contributed by atoms with Crippen LogP contribution in [0.15, 0.2) is 16.8 Å². The number of thiophene rings is 1. The molecular weight excluding hydrogens is 288 g/mol. The number of urea groups is 1. The molecule has 0 bridgehead atoms. The Labute approximate surface area is 128 Å². The lowest BCUT2D eigenvalue weighted by molar-refractivity contribution is -0.143.